The average Bonchev–Trinajstić information content (AvgIpc) is 3.21. The van der Waals surface area contributed by atoms with E-state index in [9.17, 15) is 29.3 Å². The summed E-state index contributed by atoms with van der Waals surface area (Å²) in [5.41, 5.74) is 0. The van der Waals surface area contributed by atoms with E-state index >= 15 is 0 Å². The molecule has 0 aliphatic carbocycles. The Balaban J connectivity index is 4.45. The molecule has 0 fully saturated rings. The number of unbranched alkanes of at least 4 members (excludes halogenated alkanes) is 17. The van der Waals surface area contributed by atoms with Crippen LogP contribution in [0, 0.1) is 0 Å². The van der Waals surface area contributed by atoms with Crippen LogP contribution in [0.3, 0.4) is 0 Å². The number of nitrogens with zero attached hydrogens (tertiary/aromatic N) is 1. The Morgan fingerprint density at radius 3 is 1.64 bits per heavy atom. The Morgan fingerprint density at radius 2 is 1.05 bits per heavy atom. The number of rotatable bonds is 43. The summed E-state index contributed by atoms with van der Waals surface area (Å²) in [5, 5.41) is 20.5. The molecular formula is C49H91NO10P+. The molecule has 0 heterocycles. The third kappa shape index (κ3) is 42.9. The highest BCUT2D eigenvalue weighted by molar-refractivity contribution is 7.47. The lowest BCUT2D eigenvalue weighted by molar-refractivity contribution is -0.870. The second kappa shape index (κ2) is 40.7. The van der Waals surface area contributed by atoms with Crippen molar-refractivity contribution in [2.75, 3.05) is 47.5 Å². The molecule has 3 N–H and O–H groups in total. The fourth-order valence-corrected chi connectivity index (χ4v) is 7.08. The van der Waals surface area contributed by atoms with Gasteiger partial charge in [0.15, 0.2) is 6.10 Å². The van der Waals surface area contributed by atoms with Gasteiger partial charge in [-0.25, -0.2) is 4.57 Å². The Bertz CT molecular complexity index is 1210. The van der Waals surface area contributed by atoms with Crippen LogP contribution >= 0.6 is 7.82 Å². The summed E-state index contributed by atoms with van der Waals surface area (Å²) in [4.78, 5) is 35.5. The molecule has 356 valence electrons. The number of carbonyl (C=O) groups excluding carboxylic acids is 2. The summed E-state index contributed by atoms with van der Waals surface area (Å²) in [6.45, 7) is 4.15. The number of aliphatic hydroxyl groups is 2. The molecule has 61 heavy (non-hydrogen) atoms. The van der Waals surface area contributed by atoms with Gasteiger partial charge in [0, 0.05) is 12.8 Å². The largest absolute Gasteiger partial charge is 0.472 e. The van der Waals surface area contributed by atoms with E-state index in [-0.39, 0.29) is 26.1 Å². The van der Waals surface area contributed by atoms with Crippen LogP contribution in [0.25, 0.3) is 0 Å². The molecule has 0 bridgehead atoms. The molecule has 4 atom stereocenters. The van der Waals surface area contributed by atoms with E-state index in [1.54, 1.807) is 0 Å². The molecule has 0 aromatic carbocycles. The third-order valence-electron chi connectivity index (χ3n) is 10.3. The topological polar surface area (TPSA) is 149 Å². The van der Waals surface area contributed by atoms with E-state index in [2.05, 4.69) is 56.4 Å². The smallest absolute Gasteiger partial charge is 0.462 e. The van der Waals surface area contributed by atoms with Crippen molar-refractivity contribution in [3.8, 4) is 0 Å². The summed E-state index contributed by atoms with van der Waals surface area (Å²) >= 11 is 0. The second-order valence-corrected chi connectivity index (χ2v) is 18.9. The number of carbonyl (C=O) groups is 2. The lowest BCUT2D eigenvalue weighted by Gasteiger charge is -2.24. The molecule has 0 aliphatic rings. The van der Waals surface area contributed by atoms with Gasteiger partial charge in [-0.05, 0) is 77.0 Å². The van der Waals surface area contributed by atoms with E-state index in [0.29, 0.717) is 36.7 Å². The SMILES string of the molecule is CCCCC/C=C\C[C@@H](O)[C@H](O)CCCCCCCC(=O)OC[C@H](COP(=O)(O)OCC[N+](C)(C)C)OC(=O)CCCCCCCC/C=C\C/C=C\C/C=C\CCCCCC. The minimum atomic E-state index is -4.42. The van der Waals surface area contributed by atoms with E-state index in [0.717, 1.165) is 89.9 Å². The predicted octanol–water partition coefficient (Wildman–Crippen LogP) is 11.8. The molecule has 1 unspecified atom stereocenters. The van der Waals surface area contributed by atoms with Crippen molar-refractivity contribution in [1.82, 2.24) is 0 Å². The molecule has 0 aliphatic heterocycles. The van der Waals surface area contributed by atoms with Crippen LogP contribution in [0.2, 0.25) is 0 Å². The number of hydrogen-bond donors (Lipinski definition) is 3. The van der Waals surface area contributed by atoms with Gasteiger partial charge in [-0.1, -0.05) is 146 Å². The number of phosphoric ester groups is 1. The van der Waals surface area contributed by atoms with Crippen molar-refractivity contribution >= 4 is 19.8 Å². The van der Waals surface area contributed by atoms with Crippen LogP contribution in [0.1, 0.15) is 187 Å². The minimum absolute atomic E-state index is 0.00200. The monoisotopic (exact) mass is 885 g/mol. The molecule has 0 aromatic rings. The molecule has 0 rings (SSSR count). The van der Waals surface area contributed by atoms with Gasteiger partial charge in [-0.3, -0.25) is 18.6 Å². The Kier molecular flexibility index (Phi) is 39.2. The zero-order chi connectivity index (χ0) is 45.3. The zero-order valence-corrected chi connectivity index (χ0v) is 40.3. The zero-order valence-electron chi connectivity index (χ0n) is 39.4. The van der Waals surface area contributed by atoms with Crippen LogP contribution in [0.15, 0.2) is 48.6 Å². The fourth-order valence-electron chi connectivity index (χ4n) is 6.34. The lowest BCUT2D eigenvalue weighted by Crippen LogP contribution is -2.37. The number of likely N-dealkylation sites (N-methyl/N-ethyl adjacent to an activating group) is 1. The maximum absolute atomic E-state index is 12.7. The molecule has 11 nitrogen and oxygen atoms in total. The van der Waals surface area contributed by atoms with Crippen molar-refractivity contribution in [2.24, 2.45) is 0 Å². The van der Waals surface area contributed by atoms with Gasteiger partial charge in [0.05, 0.1) is 40.0 Å². The summed E-state index contributed by atoms with van der Waals surface area (Å²) in [7, 11) is 1.38. The molecule has 12 heteroatoms. The van der Waals surface area contributed by atoms with Gasteiger partial charge < -0.3 is 29.1 Å². The van der Waals surface area contributed by atoms with Crippen molar-refractivity contribution in [2.45, 2.75) is 206 Å². The molecule has 0 aromatic heterocycles. The van der Waals surface area contributed by atoms with Crippen LogP contribution < -0.4 is 0 Å². The first-order valence-electron chi connectivity index (χ1n) is 24.0. The summed E-state index contributed by atoms with van der Waals surface area (Å²) in [5.74, 6) is -0.926. The number of quaternary nitrogens is 1. The van der Waals surface area contributed by atoms with Crippen LogP contribution in [0.5, 0.6) is 0 Å². The standard InChI is InChI=1S/C49H90NO10P/c1-6-8-10-12-14-15-16-17-18-19-20-21-22-23-24-25-26-27-31-36-40-49(54)60-45(44-59-61(55,56)58-42-41-50(3,4)5)43-57-48(53)39-35-32-28-30-34-38-47(52)46(51)37-33-29-13-11-9-7-2/h15-16,18-19,21-22,29,33,45-47,51-52H,6-14,17,20,23-28,30-32,34-44H2,1-5H3/p+1/b16-15-,19-18-,22-21-,33-29-/t45-,46-,47-/m1/s1. The maximum atomic E-state index is 12.7. The van der Waals surface area contributed by atoms with E-state index in [1.807, 2.05) is 27.2 Å². The summed E-state index contributed by atoms with van der Waals surface area (Å²) < 4.78 is 34.3. The number of allylic oxidation sites excluding steroid dienone is 7. The second-order valence-electron chi connectivity index (χ2n) is 17.4. The minimum Gasteiger partial charge on any atom is -0.462 e. The first-order chi connectivity index (χ1) is 29.3. The highest BCUT2D eigenvalue weighted by atomic mass is 31.2. The average molecular weight is 885 g/mol. The number of aliphatic hydroxyl groups excluding tert-OH is 2. The Labute approximate surface area is 372 Å². The van der Waals surface area contributed by atoms with E-state index < -0.39 is 44.7 Å². The van der Waals surface area contributed by atoms with Crippen LogP contribution in [-0.4, -0.2) is 97.3 Å². The van der Waals surface area contributed by atoms with Crippen molar-refractivity contribution in [1.29, 1.82) is 0 Å². The first kappa shape index (κ1) is 58.9. The molecule has 0 saturated heterocycles. The van der Waals surface area contributed by atoms with Gasteiger partial charge in [0.25, 0.3) is 0 Å². The van der Waals surface area contributed by atoms with Gasteiger partial charge in [0.2, 0.25) is 0 Å². The number of phosphoric acid groups is 1. The molecule has 0 amide bonds. The summed E-state index contributed by atoms with van der Waals surface area (Å²) in [6, 6.07) is 0. The van der Waals surface area contributed by atoms with E-state index in [1.165, 1.54) is 44.9 Å². The summed E-state index contributed by atoms with van der Waals surface area (Å²) in [6.07, 6.45) is 40.3. The number of ether oxygens (including phenoxy) is 2. The van der Waals surface area contributed by atoms with Gasteiger partial charge in [0.1, 0.15) is 19.8 Å². The quantitative estimate of drug-likeness (QED) is 0.0178. The molecule has 0 saturated carbocycles. The van der Waals surface area contributed by atoms with Gasteiger partial charge in [-0.15, -0.1) is 0 Å². The normalized spacial score (nSPS) is 15.0. The van der Waals surface area contributed by atoms with Crippen molar-refractivity contribution in [3.05, 3.63) is 48.6 Å². The highest BCUT2D eigenvalue weighted by Crippen LogP contribution is 2.43. The molecule has 0 radical (unpaired) electrons. The lowest BCUT2D eigenvalue weighted by atomic mass is 10.0. The first-order valence-corrected chi connectivity index (χ1v) is 25.5. The van der Waals surface area contributed by atoms with E-state index in [4.69, 9.17) is 18.5 Å². The predicted molar refractivity (Wildman–Crippen MR) is 250 cm³/mol. The van der Waals surface area contributed by atoms with Crippen molar-refractivity contribution in [3.63, 3.8) is 0 Å². The fraction of sp³-hybridized carbons (Fsp3) is 0.796. The maximum Gasteiger partial charge on any atom is 0.472 e. The highest BCUT2D eigenvalue weighted by Gasteiger charge is 2.27. The van der Waals surface area contributed by atoms with Crippen LogP contribution in [-0.2, 0) is 32.7 Å². The van der Waals surface area contributed by atoms with Gasteiger partial charge in [-0.2, -0.15) is 0 Å². The third-order valence-corrected chi connectivity index (χ3v) is 11.3. The van der Waals surface area contributed by atoms with Crippen LogP contribution in [0.4, 0.5) is 0 Å². The Hall–Kier alpha value is -2.11. The van der Waals surface area contributed by atoms with Crippen molar-refractivity contribution < 1.29 is 52.3 Å². The molecular weight excluding hydrogens is 794 g/mol. The number of esters is 2. The Morgan fingerprint density at radius 1 is 0.574 bits per heavy atom. The van der Waals surface area contributed by atoms with Gasteiger partial charge >= 0.3 is 19.8 Å². The number of hydrogen-bond acceptors (Lipinski definition) is 9. The molecule has 0 spiro atoms.